The largest absolute Gasteiger partial charge is 0.443 e. The van der Waals surface area contributed by atoms with Crippen molar-refractivity contribution in [2.24, 2.45) is 0 Å². The predicted molar refractivity (Wildman–Crippen MR) is 120 cm³/mol. The number of carbonyl (C=O) groups is 1. The smallest absolute Gasteiger partial charge is 0.416 e. The van der Waals surface area contributed by atoms with Crippen LogP contribution < -0.4 is 9.80 Å². The Labute approximate surface area is 178 Å². The summed E-state index contributed by atoms with van der Waals surface area (Å²) in [6.07, 6.45) is 1.40. The lowest BCUT2D eigenvalue weighted by Crippen LogP contribution is -2.37. The highest BCUT2D eigenvalue weighted by Crippen LogP contribution is 2.29. The second-order valence-electron chi connectivity index (χ2n) is 8.91. The number of anilines is 2. The summed E-state index contributed by atoms with van der Waals surface area (Å²) in [5.41, 5.74) is 2.16. The molecule has 0 N–H and O–H groups in total. The summed E-state index contributed by atoms with van der Waals surface area (Å²) in [6.45, 7) is 10.2. The van der Waals surface area contributed by atoms with E-state index in [4.69, 9.17) is 9.72 Å². The zero-order valence-electron chi connectivity index (χ0n) is 18.9. The van der Waals surface area contributed by atoms with Gasteiger partial charge in [-0.1, -0.05) is 44.2 Å². The highest BCUT2D eigenvalue weighted by molar-refractivity contribution is 5.88. The molecule has 7 nitrogen and oxygen atoms in total. The molecule has 3 rings (SSSR count). The van der Waals surface area contributed by atoms with E-state index in [0.717, 1.165) is 22.6 Å². The number of amides is 1. The molecule has 0 unspecified atom stereocenters. The van der Waals surface area contributed by atoms with E-state index in [1.165, 1.54) is 0 Å². The number of nitrogens with zero attached hydrogens (tertiary/aromatic N) is 5. The number of rotatable bonds is 5. The number of benzene rings is 1. The van der Waals surface area contributed by atoms with Gasteiger partial charge in [0.15, 0.2) is 5.65 Å². The molecule has 1 amide bonds. The minimum atomic E-state index is -0.615. The molecule has 2 heterocycles. The van der Waals surface area contributed by atoms with Crippen LogP contribution in [-0.2, 0) is 11.3 Å². The number of hydrogen-bond donors (Lipinski definition) is 0. The number of fused-ring (bicyclic) bond motifs is 1. The summed E-state index contributed by atoms with van der Waals surface area (Å²) in [4.78, 5) is 21.6. The first-order valence-corrected chi connectivity index (χ1v) is 10.2. The summed E-state index contributed by atoms with van der Waals surface area (Å²) in [7, 11) is 3.87. The molecular formula is C23H31N5O2. The average molecular weight is 410 g/mol. The monoisotopic (exact) mass is 409 g/mol. The Balaban J connectivity index is 2.19. The Morgan fingerprint density at radius 2 is 1.83 bits per heavy atom. The van der Waals surface area contributed by atoms with Crippen molar-refractivity contribution in [3.63, 3.8) is 0 Å². The molecule has 2 aromatic heterocycles. The van der Waals surface area contributed by atoms with Crippen LogP contribution in [0.2, 0.25) is 0 Å². The van der Waals surface area contributed by atoms with Crippen LogP contribution in [0.25, 0.3) is 5.65 Å². The molecule has 0 aliphatic heterocycles. The fraction of sp³-hybridized carbons (Fsp3) is 0.435. The molecule has 30 heavy (non-hydrogen) atoms. The van der Waals surface area contributed by atoms with Gasteiger partial charge in [-0.05, 0) is 32.3 Å². The van der Waals surface area contributed by atoms with Gasteiger partial charge in [-0.15, -0.1) is 0 Å². The van der Waals surface area contributed by atoms with Gasteiger partial charge < -0.3 is 9.64 Å². The molecule has 1 aromatic carbocycles. The average Bonchev–Trinajstić information content (AvgIpc) is 3.09. The maximum atomic E-state index is 13.3. The van der Waals surface area contributed by atoms with Gasteiger partial charge >= 0.3 is 6.09 Å². The third kappa shape index (κ3) is 4.72. The van der Waals surface area contributed by atoms with E-state index in [2.05, 4.69) is 18.9 Å². The fourth-order valence-corrected chi connectivity index (χ4v) is 3.10. The Bertz CT molecular complexity index is 1020. The maximum absolute atomic E-state index is 13.3. The van der Waals surface area contributed by atoms with E-state index in [1.807, 2.05) is 82.4 Å². The molecule has 0 bridgehead atoms. The molecule has 0 aliphatic rings. The van der Waals surface area contributed by atoms with E-state index in [1.54, 1.807) is 9.42 Å². The Hall–Kier alpha value is -3.09. The van der Waals surface area contributed by atoms with Crippen LogP contribution in [-0.4, -0.2) is 40.4 Å². The van der Waals surface area contributed by atoms with Crippen LogP contribution >= 0.6 is 0 Å². The van der Waals surface area contributed by atoms with Gasteiger partial charge in [0, 0.05) is 25.7 Å². The normalized spacial score (nSPS) is 11.7. The number of hydrogen-bond acceptors (Lipinski definition) is 5. The van der Waals surface area contributed by atoms with Gasteiger partial charge in [0.25, 0.3) is 0 Å². The van der Waals surface area contributed by atoms with Crippen molar-refractivity contribution in [1.29, 1.82) is 0 Å². The Kier molecular flexibility index (Phi) is 6.01. The van der Waals surface area contributed by atoms with Gasteiger partial charge in [-0.3, -0.25) is 4.90 Å². The van der Waals surface area contributed by atoms with Gasteiger partial charge in [-0.25, -0.2) is 9.78 Å². The number of ether oxygens (including phenoxy) is 1. The van der Waals surface area contributed by atoms with E-state index >= 15 is 0 Å². The second kappa shape index (κ2) is 8.34. The van der Waals surface area contributed by atoms with Crippen LogP contribution in [0.15, 0.2) is 42.6 Å². The summed E-state index contributed by atoms with van der Waals surface area (Å²) >= 11 is 0. The third-order valence-electron chi connectivity index (χ3n) is 4.62. The molecule has 7 heteroatoms. The van der Waals surface area contributed by atoms with E-state index in [9.17, 15) is 4.79 Å². The van der Waals surface area contributed by atoms with Crippen LogP contribution in [0.5, 0.6) is 0 Å². The molecule has 3 aromatic rings. The SMILES string of the molecule is CC(C)c1cnn2c(N(Cc3ccccc3)C(=O)OC(C)(C)C)cc(N(C)C)nc12. The van der Waals surface area contributed by atoms with Crippen molar-refractivity contribution in [3.05, 3.63) is 53.7 Å². The van der Waals surface area contributed by atoms with E-state index < -0.39 is 11.7 Å². The molecular weight excluding hydrogens is 378 g/mol. The van der Waals surface area contributed by atoms with E-state index in [0.29, 0.717) is 12.4 Å². The lowest BCUT2D eigenvalue weighted by Gasteiger charge is -2.28. The van der Waals surface area contributed by atoms with E-state index in [-0.39, 0.29) is 5.92 Å². The third-order valence-corrected chi connectivity index (χ3v) is 4.62. The summed E-state index contributed by atoms with van der Waals surface area (Å²) in [5.74, 6) is 1.62. The molecule has 0 saturated heterocycles. The highest BCUT2D eigenvalue weighted by Gasteiger charge is 2.27. The van der Waals surface area contributed by atoms with Crippen LogP contribution in [0.3, 0.4) is 0 Å². The standard InChI is InChI=1S/C23H31N5O2/c1-16(2)18-14-24-28-20(13-19(26(6)7)25-21(18)28)27(22(29)30-23(3,4)5)15-17-11-9-8-10-12-17/h8-14,16H,15H2,1-7H3. The molecule has 0 fully saturated rings. The number of carbonyl (C=O) groups excluding carboxylic acids is 1. The summed E-state index contributed by atoms with van der Waals surface area (Å²) in [6, 6.07) is 11.7. The minimum absolute atomic E-state index is 0.254. The molecule has 0 atom stereocenters. The predicted octanol–water partition coefficient (Wildman–Crippen LogP) is 4.86. The summed E-state index contributed by atoms with van der Waals surface area (Å²) in [5, 5.41) is 4.57. The van der Waals surface area contributed by atoms with Crippen LogP contribution in [0, 0.1) is 0 Å². The fourth-order valence-electron chi connectivity index (χ4n) is 3.10. The number of aromatic nitrogens is 3. The van der Waals surface area contributed by atoms with Crippen molar-refractivity contribution < 1.29 is 9.53 Å². The molecule has 0 spiro atoms. The first-order chi connectivity index (χ1) is 14.1. The second-order valence-corrected chi connectivity index (χ2v) is 8.91. The molecule has 160 valence electrons. The highest BCUT2D eigenvalue weighted by atomic mass is 16.6. The molecule has 0 saturated carbocycles. The summed E-state index contributed by atoms with van der Waals surface area (Å²) < 4.78 is 7.47. The topological polar surface area (TPSA) is 63.0 Å². The zero-order valence-corrected chi connectivity index (χ0v) is 18.9. The van der Waals surface area contributed by atoms with Crippen molar-refractivity contribution in [2.45, 2.75) is 52.7 Å². The lowest BCUT2D eigenvalue weighted by molar-refractivity contribution is 0.0575. The zero-order chi connectivity index (χ0) is 22.1. The van der Waals surface area contributed by atoms with Crippen molar-refractivity contribution in [3.8, 4) is 0 Å². The van der Waals surface area contributed by atoms with Gasteiger partial charge in [0.05, 0.1) is 12.7 Å². The minimum Gasteiger partial charge on any atom is -0.443 e. The lowest BCUT2D eigenvalue weighted by atomic mass is 10.1. The van der Waals surface area contributed by atoms with Gasteiger partial charge in [-0.2, -0.15) is 9.61 Å². The Morgan fingerprint density at radius 3 is 2.40 bits per heavy atom. The maximum Gasteiger partial charge on any atom is 0.416 e. The van der Waals surface area contributed by atoms with Gasteiger partial charge in [0.1, 0.15) is 17.2 Å². The van der Waals surface area contributed by atoms with Crippen molar-refractivity contribution >= 4 is 23.4 Å². The van der Waals surface area contributed by atoms with Crippen molar-refractivity contribution in [1.82, 2.24) is 14.6 Å². The first kappa shape index (κ1) is 21.6. The van der Waals surface area contributed by atoms with Crippen LogP contribution in [0.1, 0.15) is 51.7 Å². The Morgan fingerprint density at radius 1 is 1.17 bits per heavy atom. The van der Waals surface area contributed by atoms with Crippen LogP contribution in [0.4, 0.5) is 16.4 Å². The quantitative estimate of drug-likeness (QED) is 0.602. The molecule has 0 aliphatic carbocycles. The van der Waals surface area contributed by atoms with Gasteiger partial charge in [0.2, 0.25) is 0 Å². The first-order valence-electron chi connectivity index (χ1n) is 10.2. The van der Waals surface area contributed by atoms with Crippen molar-refractivity contribution in [2.75, 3.05) is 23.9 Å². The molecule has 0 radical (unpaired) electrons.